The van der Waals surface area contributed by atoms with E-state index >= 15 is 0 Å². The highest BCUT2D eigenvalue weighted by atomic mass is 16.5. The molecule has 0 aliphatic heterocycles. The summed E-state index contributed by atoms with van der Waals surface area (Å²) in [4.78, 5) is 0. The minimum absolute atomic E-state index is 0.181. The Morgan fingerprint density at radius 2 is 1.63 bits per heavy atom. The molecule has 1 radical (unpaired) electrons. The van der Waals surface area contributed by atoms with Gasteiger partial charge in [0.1, 0.15) is 5.75 Å². The third-order valence-electron chi connectivity index (χ3n) is 3.22. The van der Waals surface area contributed by atoms with Gasteiger partial charge in [0.25, 0.3) is 0 Å². The van der Waals surface area contributed by atoms with Crippen LogP contribution in [-0.2, 0) is 6.42 Å². The first kappa shape index (κ1) is 12.0. The summed E-state index contributed by atoms with van der Waals surface area (Å²) in [6.07, 6.45) is 5.38. The van der Waals surface area contributed by atoms with Crippen LogP contribution in [0, 0.1) is 6.42 Å². The predicted octanol–water partition coefficient (Wildman–Crippen LogP) is 4.30. The van der Waals surface area contributed by atoms with E-state index in [-0.39, 0.29) is 6.10 Å². The molecule has 3 rings (SSSR count). The third kappa shape index (κ3) is 3.25. The van der Waals surface area contributed by atoms with Crippen LogP contribution in [0.3, 0.4) is 0 Å². The van der Waals surface area contributed by atoms with Crippen molar-refractivity contribution in [1.82, 2.24) is 0 Å². The van der Waals surface area contributed by atoms with Crippen molar-refractivity contribution in [3.63, 3.8) is 0 Å². The van der Waals surface area contributed by atoms with Crippen LogP contribution in [0.15, 0.2) is 60.7 Å². The van der Waals surface area contributed by atoms with Gasteiger partial charge < -0.3 is 4.74 Å². The molecule has 1 aliphatic rings. The summed E-state index contributed by atoms with van der Waals surface area (Å²) in [7, 11) is 0. The molecule has 0 amide bonds. The molecule has 2 aromatic rings. The molecule has 0 bridgehead atoms. The molecule has 0 aromatic heterocycles. The van der Waals surface area contributed by atoms with Crippen LogP contribution in [0.5, 0.6) is 5.75 Å². The lowest BCUT2D eigenvalue weighted by Crippen LogP contribution is -2.14. The molecule has 0 fully saturated rings. The normalized spacial score (nSPS) is 14.7. The highest BCUT2D eigenvalue weighted by molar-refractivity contribution is 5.87. The van der Waals surface area contributed by atoms with Gasteiger partial charge in [0.2, 0.25) is 0 Å². The summed E-state index contributed by atoms with van der Waals surface area (Å²) in [5.74, 6) is 0.935. The van der Waals surface area contributed by atoms with Crippen LogP contribution in [0.1, 0.15) is 18.1 Å². The summed E-state index contributed by atoms with van der Waals surface area (Å²) in [6, 6.07) is 18.7. The Morgan fingerprint density at radius 1 is 0.947 bits per heavy atom. The van der Waals surface area contributed by atoms with E-state index in [0.717, 1.165) is 12.2 Å². The lowest BCUT2D eigenvalue weighted by atomic mass is 10.1. The van der Waals surface area contributed by atoms with Gasteiger partial charge in [-0.05, 0) is 35.8 Å². The van der Waals surface area contributed by atoms with Crippen LogP contribution in [-0.4, -0.2) is 6.10 Å². The average Bonchev–Trinajstić information content (AvgIpc) is 3.25. The van der Waals surface area contributed by atoms with Crippen molar-refractivity contribution >= 4 is 5.57 Å². The molecular weight excluding hydrogens is 232 g/mol. The fraction of sp³-hybridized carbons (Fsp3) is 0.167. The van der Waals surface area contributed by atoms with E-state index in [9.17, 15) is 0 Å². The van der Waals surface area contributed by atoms with Crippen molar-refractivity contribution in [2.45, 2.75) is 19.4 Å². The molecule has 1 heteroatoms. The van der Waals surface area contributed by atoms with Gasteiger partial charge in [0, 0.05) is 12.8 Å². The zero-order valence-electron chi connectivity index (χ0n) is 11.0. The van der Waals surface area contributed by atoms with E-state index in [2.05, 4.69) is 43.7 Å². The summed E-state index contributed by atoms with van der Waals surface area (Å²) < 4.78 is 5.89. The Bertz CT molecular complexity index is 566. The largest absolute Gasteiger partial charge is 0.490 e. The summed E-state index contributed by atoms with van der Waals surface area (Å²) >= 11 is 0. The number of hydrogen-bond acceptors (Lipinski definition) is 1. The van der Waals surface area contributed by atoms with E-state index in [0.29, 0.717) is 0 Å². The molecule has 0 saturated heterocycles. The van der Waals surface area contributed by atoms with Gasteiger partial charge in [-0.1, -0.05) is 48.5 Å². The molecule has 19 heavy (non-hydrogen) atoms. The number of allylic oxidation sites excluding steroid dienone is 2. The summed E-state index contributed by atoms with van der Waals surface area (Å²) in [6.45, 7) is 2.11. The molecule has 95 valence electrons. The SMILES string of the molecule is CC(Cc1ccc(C2=C[CH]2)cc1)Oc1ccccc1. The van der Waals surface area contributed by atoms with Crippen LogP contribution < -0.4 is 4.74 Å². The predicted molar refractivity (Wildman–Crippen MR) is 79.0 cm³/mol. The second-order valence-electron chi connectivity index (χ2n) is 4.93. The van der Waals surface area contributed by atoms with Crippen LogP contribution in [0.4, 0.5) is 0 Å². The number of para-hydroxylation sites is 1. The topological polar surface area (TPSA) is 9.23 Å². The third-order valence-corrected chi connectivity index (χ3v) is 3.22. The zero-order valence-corrected chi connectivity index (χ0v) is 11.0. The van der Waals surface area contributed by atoms with E-state index in [1.807, 2.05) is 30.3 Å². The van der Waals surface area contributed by atoms with E-state index in [1.165, 1.54) is 16.7 Å². The molecule has 0 saturated carbocycles. The molecule has 1 atom stereocenters. The Balaban J connectivity index is 1.59. The molecule has 1 unspecified atom stereocenters. The summed E-state index contributed by atoms with van der Waals surface area (Å²) in [5, 5.41) is 0. The summed E-state index contributed by atoms with van der Waals surface area (Å²) in [5.41, 5.74) is 3.97. The first-order valence-electron chi connectivity index (χ1n) is 6.67. The average molecular weight is 249 g/mol. The fourth-order valence-electron chi connectivity index (χ4n) is 2.17. The molecule has 0 spiro atoms. The van der Waals surface area contributed by atoms with E-state index < -0.39 is 0 Å². The van der Waals surface area contributed by atoms with Gasteiger partial charge in [-0.3, -0.25) is 0 Å². The van der Waals surface area contributed by atoms with Crippen LogP contribution in [0.2, 0.25) is 0 Å². The fourth-order valence-corrected chi connectivity index (χ4v) is 2.17. The zero-order chi connectivity index (χ0) is 13.1. The molecule has 0 heterocycles. The maximum absolute atomic E-state index is 5.89. The van der Waals surface area contributed by atoms with Crippen LogP contribution >= 0.6 is 0 Å². The quantitative estimate of drug-likeness (QED) is 0.767. The first-order valence-corrected chi connectivity index (χ1v) is 6.67. The van der Waals surface area contributed by atoms with Gasteiger partial charge in [0.15, 0.2) is 0 Å². The van der Waals surface area contributed by atoms with Crippen molar-refractivity contribution in [2.75, 3.05) is 0 Å². The van der Waals surface area contributed by atoms with Gasteiger partial charge in [-0.15, -0.1) is 0 Å². The van der Waals surface area contributed by atoms with E-state index in [4.69, 9.17) is 4.74 Å². The van der Waals surface area contributed by atoms with Gasteiger partial charge in [0.05, 0.1) is 6.10 Å². The molecule has 0 N–H and O–H groups in total. The standard InChI is InChI=1S/C18H17O/c1-14(19-18-5-3-2-4-6-18)13-15-7-9-16(10-8-15)17-11-12-17/h2-12,14H,13H2,1H3. The smallest absolute Gasteiger partial charge is 0.119 e. The molecule has 1 aliphatic carbocycles. The van der Waals surface area contributed by atoms with Crippen molar-refractivity contribution in [1.29, 1.82) is 0 Å². The maximum atomic E-state index is 5.89. The van der Waals surface area contributed by atoms with Crippen molar-refractivity contribution in [2.24, 2.45) is 0 Å². The van der Waals surface area contributed by atoms with Gasteiger partial charge >= 0.3 is 0 Å². The Morgan fingerprint density at radius 3 is 2.26 bits per heavy atom. The highest BCUT2D eigenvalue weighted by Gasteiger charge is 2.11. The van der Waals surface area contributed by atoms with Crippen molar-refractivity contribution < 1.29 is 4.74 Å². The number of ether oxygens (including phenoxy) is 1. The Hall–Kier alpha value is -2.02. The monoisotopic (exact) mass is 249 g/mol. The lowest BCUT2D eigenvalue weighted by molar-refractivity contribution is 0.222. The van der Waals surface area contributed by atoms with Crippen molar-refractivity contribution in [3.05, 3.63) is 78.2 Å². The molecule has 1 nitrogen and oxygen atoms in total. The van der Waals surface area contributed by atoms with E-state index in [1.54, 1.807) is 0 Å². The number of hydrogen-bond donors (Lipinski definition) is 0. The highest BCUT2D eigenvalue weighted by Crippen LogP contribution is 2.29. The second-order valence-corrected chi connectivity index (χ2v) is 4.93. The maximum Gasteiger partial charge on any atom is 0.119 e. The van der Waals surface area contributed by atoms with Gasteiger partial charge in [-0.2, -0.15) is 0 Å². The Kier molecular flexibility index (Phi) is 3.37. The molecular formula is C18H17O. The van der Waals surface area contributed by atoms with Crippen molar-refractivity contribution in [3.8, 4) is 5.75 Å². The lowest BCUT2D eigenvalue weighted by Gasteiger charge is -2.14. The minimum Gasteiger partial charge on any atom is -0.490 e. The number of rotatable bonds is 5. The van der Waals surface area contributed by atoms with Crippen LogP contribution in [0.25, 0.3) is 5.57 Å². The van der Waals surface area contributed by atoms with Gasteiger partial charge in [-0.25, -0.2) is 0 Å². The molecule has 2 aromatic carbocycles. The first-order chi connectivity index (χ1) is 9.31. The Labute approximate surface area is 114 Å². The number of benzene rings is 2. The second kappa shape index (κ2) is 5.31. The minimum atomic E-state index is 0.181.